The van der Waals surface area contributed by atoms with Crippen molar-refractivity contribution in [2.75, 3.05) is 17.7 Å². The molecule has 96 valence electrons. The summed E-state index contributed by atoms with van der Waals surface area (Å²) >= 11 is 6.17. The normalized spacial score (nSPS) is 9.95. The minimum atomic E-state index is 0.573. The van der Waals surface area contributed by atoms with Crippen molar-refractivity contribution in [2.24, 2.45) is 0 Å². The zero-order valence-corrected chi connectivity index (χ0v) is 11.4. The van der Waals surface area contributed by atoms with E-state index < -0.39 is 0 Å². The lowest BCUT2D eigenvalue weighted by atomic mass is 10.1. The Kier molecular flexibility index (Phi) is 3.94. The maximum Gasteiger partial charge on any atom is 0.0992 e. The van der Waals surface area contributed by atoms with Crippen LogP contribution in [0.4, 0.5) is 11.4 Å². The van der Waals surface area contributed by atoms with Crippen LogP contribution in [0.15, 0.2) is 42.5 Å². The third-order valence-electron chi connectivity index (χ3n) is 2.92. The van der Waals surface area contributed by atoms with Gasteiger partial charge in [-0.2, -0.15) is 5.26 Å². The quantitative estimate of drug-likeness (QED) is 0.870. The Morgan fingerprint density at radius 3 is 2.47 bits per heavy atom. The summed E-state index contributed by atoms with van der Waals surface area (Å²) in [6, 6.07) is 15.1. The van der Waals surface area contributed by atoms with E-state index in [1.807, 2.05) is 37.4 Å². The van der Waals surface area contributed by atoms with Gasteiger partial charge in [0, 0.05) is 30.0 Å². The molecule has 0 aliphatic rings. The van der Waals surface area contributed by atoms with Crippen LogP contribution in [0.1, 0.15) is 11.1 Å². The number of hydrogen-bond donors (Lipinski definition) is 1. The molecule has 0 heterocycles. The van der Waals surface area contributed by atoms with Gasteiger partial charge in [-0.3, -0.25) is 0 Å². The summed E-state index contributed by atoms with van der Waals surface area (Å²) < 4.78 is 0. The average molecular weight is 272 g/mol. The van der Waals surface area contributed by atoms with Gasteiger partial charge in [0.25, 0.3) is 0 Å². The SMILES string of the molecule is CN(Cc1ccc(C#N)cc1Cl)c1ccc(N)cc1. The predicted octanol–water partition coefficient (Wildman–Crippen LogP) is 3.43. The van der Waals surface area contributed by atoms with E-state index in [9.17, 15) is 0 Å². The topological polar surface area (TPSA) is 53.0 Å². The highest BCUT2D eigenvalue weighted by atomic mass is 35.5. The van der Waals surface area contributed by atoms with E-state index in [2.05, 4.69) is 11.0 Å². The molecule has 2 aromatic carbocycles. The van der Waals surface area contributed by atoms with Crippen molar-refractivity contribution in [2.45, 2.75) is 6.54 Å². The Balaban J connectivity index is 2.17. The molecule has 0 saturated heterocycles. The first kappa shape index (κ1) is 13.3. The molecule has 0 bridgehead atoms. The largest absolute Gasteiger partial charge is 0.399 e. The number of rotatable bonds is 3. The van der Waals surface area contributed by atoms with E-state index in [1.54, 1.807) is 12.1 Å². The molecule has 4 heteroatoms. The molecule has 2 rings (SSSR count). The van der Waals surface area contributed by atoms with Crippen molar-refractivity contribution in [1.29, 1.82) is 5.26 Å². The molecule has 0 fully saturated rings. The summed E-state index contributed by atoms with van der Waals surface area (Å²) in [5.74, 6) is 0. The molecule has 3 nitrogen and oxygen atoms in total. The Hall–Kier alpha value is -2.18. The van der Waals surface area contributed by atoms with Gasteiger partial charge in [0.05, 0.1) is 11.6 Å². The average Bonchev–Trinajstić information content (AvgIpc) is 2.41. The van der Waals surface area contributed by atoms with Crippen molar-refractivity contribution in [3.05, 3.63) is 58.6 Å². The third kappa shape index (κ3) is 3.18. The van der Waals surface area contributed by atoms with Crippen molar-refractivity contribution in [3.63, 3.8) is 0 Å². The van der Waals surface area contributed by atoms with Gasteiger partial charge in [-0.15, -0.1) is 0 Å². The molecule has 0 aliphatic heterocycles. The Bertz CT molecular complexity index is 614. The lowest BCUT2D eigenvalue weighted by molar-refractivity contribution is 0.923. The number of nitrogen functional groups attached to an aromatic ring is 1. The van der Waals surface area contributed by atoms with Crippen LogP contribution in [0.25, 0.3) is 0 Å². The highest BCUT2D eigenvalue weighted by Crippen LogP contribution is 2.22. The maximum absolute atomic E-state index is 8.81. The Morgan fingerprint density at radius 2 is 1.89 bits per heavy atom. The molecule has 0 aliphatic carbocycles. The highest BCUT2D eigenvalue weighted by molar-refractivity contribution is 6.31. The van der Waals surface area contributed by atoms with E-state index in [-0.39, 0.29) is 0 Å². The Morgan fingerprint density at radius 1 is 1.21 bits per heavy atom. The van der Waals surface area contributed by atoms with Crippen LogP contribution < -0.4 is 10.6 Å². The predicted molar refractivity (Wildman–Crippen MR) is 79.1 cm³/mol. The van der Waals surface area contributed by atoms with Gasteiger partial charge in [-0.1, -0.05) is 17.7 Å². The first-order valence-electron chi connectivity index (χ1n) is 5.85. The zero-order chi connectivity index (χ0) is 13.8. The molecule has 0 amide bonds. The van der Waals surface area contributed by atoms with Crippen molar-refractivity contribution in [1.82, 2.24) is 0 Å². The summed E-state index contributed by atoms with van der Waals surface area (Å²) in [6.07, 6.45) is 0. The standard InChI is InChI=1S/C15H14ClN3/c1-19(14-6-4-13(18)5-7-14)10-12-3-2-11(9-17)8-15(12)16/h2-8H,10,18H2,1H3. The van der Waals surface area contributed by atoms with Gasteiger partial charge in [0.15, 0.2) is 0 Å². The number of halogens is 1. The van der Waals surface area contributed by atoms with Crippen molar-refractivity contribution < 1.29 is 0 Å². The van der Waals surface area contributed by atoms with Crippen molar-refractivity contribution >= 4 is 23.0 Å². The van der Waals surface area contributed by atoms with Crippen LogP contribution in [0, 0.1) is 11.3 Å². The second-order valence-electron chi connectivity index (χ2n) is 4.37. The number of nitrogens with zero attached hydrogens (tertiary/aromatic N) is 2. The Labute approximate surface area is 117 Å². The van der Waals surface area contributed by atoms with Gasteiger partial charge in [0.1, 0.15) is 0 Å². The number of nitriles is 1. The van der Waals surface area contributed by atoms with Gasteiger partial charge in [-0.25, -0.2) is 0 Å². The zero-order valence-electron chi connectivity index (χ0n) is 10.6. The van der Waals surface area contributed by atoms with Gasteiger partial charge in [0.2, 0.25) is 0 Å². The second-order valence-corrected chi connectivity index (χ2v) is 4.77. The van der Waals surface area contributed by atoms with Crippen LogP contribution in [0.3, 0.4) is 0 Å². The fourth-order valence-electron chi connectivity index (χ4n) is 1.82. The fourth-order valence-corrected chi connectivity index (χ4v) is 2.06. The molecule has 0 spiro atoms. The molecule has 19 heavy (non-hydrogen) atoms. The highest BCUT2D eigenvalue weighted by Gasteiger charge is 2.06. The lowest BCUT2D eigenvalue weighted by Gasteiger charge is -2.20. The minimum Gasteiger partial charge on any atom is -0.399 e. The van der Waals surface area contributed by atoms with Crippen LogP contribution in [-0.4, -0.2) is 7.05 Å². The number of anilines is 2. The van der Waals surface area contributed by atoms with Gasteiger partial charge < -0.3 is 10.6 Å². The minimum absolute atomic E-state index is 0.573. The number of benzene rings is 2. The summed E-state index contributed by atoms with van der Waals surface area (Å²) in [5, 5.41) is 9.42. The molecule has 0 saturated carbocycles. The summed E-state index contributed by atoms with van der Waals surface area (Å²) in [5.41, 5.74) is 9.03. The van der Waals surface area contributed by atoms with E-state index in [0.29, 0.717) is 17.1 Å². The van der Waals surface area contributed by atoms with Crippen molar-refractivity contribution in [3.8, 4) is 6.07 Å². The van der Waals surface area contributed by atoms with E-state index in [1.165, 1.54) is 0 Å². The molecule has 0 radical (unpaired) electrons. The maximum atomic E-state index is 8.81. The number of hydrogen-bond acceptors (Lipinski definition) is 3. The molecule has 0 aromatic heterocycles. The van der Waals surface area contributed by atoms with Crippen LogP contribution in [0.2, 0.25) is 5.02 Å². The first-order chi connectivity index (χ1) is 9.10. The molecule has 2 N–H and O–H groups in total. The monoisotopic (exact) mass is 271 g/mol. The molecular formula is C15H14ClN3. The smallest absolute Gasteiger partial charge is 0.0992 e. The molecule has 0 atom stereocenters. The first-order valence-corrected chi connectivity index (χ1v) is 6.23. The molecular weight excluding hydrogens is 258 g/mol. The summed E-state index contributed by atoms with van der Waals surface area (Å²) in [4.78, 5) is 2.08. The molecule has 0 unspecified atom stereocenters. The molecule has 2 aromatic rings. The fraction of sp³-hybridized carbons (Fsp3) is 0.133. The second kappa shape index (κ2) is 5.64. The van der Waals surface area contributed by atoms with Crippen LogP contribution in [-0.2, 0) is 6.54 Å². The summed E-state index contributed by atoms with van der Waals surface area (Å²) in [7, 11) is 1.99. The lowest BCUT2D eigenvalue weighted by Crippen LogP contribution is -2.16. The third-order valence-corrected chi connectivity index (χ3v) is 3.28. The van der Waals surface area contributed by atoms with Crippen LogP contribution in [0.5, 0.6) is 0 Å². The number of nitrogens with two attached hydrogens (primary N) is 1. The van der Waals surface area contributed by atoms with Gasteiger partial charge in [-0.05, 0) is 42.0 Å². The van der Waals surface area contributed by atoms with Crippen LogP contribution >= 0.6 is 11.6 Å². The summed E-state index contributed by atoms with van der Waals surface area (Å²) in [6.45, 7) is 0.675. The van der Waals surface area contributed by atoms with Gasteiger partial charge >= 0.3 is 0 Å². The van der Waals surface area contributed by atoms with E-state index >= 15 is 0 Å². The van der Waals surface area contributed by atoms with E-state index in [4.69, 9.17) is 22.6 Å². The van der Waals surface area contributed by atoms with E-state index in [0.717, 1.165) is 16.9 Å².